The zero-order chi connectivity index (χ0) is 24.9. The number of nitrogens with one attached hydrogen (secondary N) is 1. The third kappa shape index (κ3) is 6.32. The smallest absolute Gasteiger partial charge is 0.243 e. The molecule has 3 rings (SSSR count). The minimum absolute atomic E-state index is 0.0864. The highest BCUT2D eigenvalue weighted by atomic mass is 32.2. The van der Waals surface area contributed by atoms with Crippen LogP contribution in [0.3, 0.4) is 0 Å². The van der Waals surface area contributed by atoms with Gasteiger partial charge in [0, 0.05) is 65.9 Å². The Bertz CT molecular complexity index is 1120. The molecule has 2 aromatic rings. The quantitative estimate of drug-likeness (QED) is 0.608. The second kappa shape index (κ2) is 11.0. The average Bonchev–Trinajstić information content (AvgIpc) is 2.83. The van der Waals surface area contributed by atoms with E-state index >= 15 is 0 Å². The third-order valence-electron chi connectivity index (χ3n) is 5.88. The molecule has 1 aromatic carbocycles. The average molecular weight is 488 g/mol. The maximum atomic E-state index is 13.1. The van der Waals surface area contributed by atoms with Crippen LogP contribution in [0.25, 0.3) is 0 Å². The van der Waals surface area contributed by atoms with Gasteiger partial charge in [-0.1, -0.05) is 18.2 Å². The number of benzene rings is 1. The Balaban J connectivity index is 1.44. The SMILES string of the molecule is Cc1ccc(C)c(S(=O)(=O)N2CCN(C(=O)CCC(=O)NCc3ccc(N(C)C)nc3)CC2)c1. The molecule has 0 radical (unpaired) electrons. The molecular weight excluding hydrogens is 454 g/mol. The zero-order valence-corrected chi connectivity index (χ0v) is 21.1. The van der Waals surface area contributed by atoms with Gasteiger partial charge in [-0.15, -0.1) is 0 Å². The van der Waals surface area contributed by atoms with Crippen molar-refractivity contribution in [2.45, 2.75) is 38.1 Å². The first kappa shape index (κ1) is 25.6. The predicted octanol–water partition coefficient (Wildman–Crippen LogP) is 1.69. The lowest BCUT2D eigenvalue weighted by Gasteiger charge is -2.34. The van der Waals surface area contributed by atoms with Gasteiger partial charge in [0.15, 0.2) is 0 Å². The molecule has 2 amide bonds. The number of hydrogen-bond donors (Lipinski definition) is 1. The predicted molar refractivity (Wildman–Crippen MR) is 131 cm³/mol. The molecule has 1 aliphatic heterocycles. The van der Waals surface area contributed by atoms with Crippen molar-refractivity contribution < 1.29 is 18.0 Å². The van der Waals surface area contributed by atoms with E-state index in [1.54, 1.807) is 24.1 Å². The number of anilines is 1. The maximum Gasteiger partial charge on any atom is 0.243 e. The normalized spacial score (nSPS) is 14.6. The number of aryl methyl sites for hydroxylation is 2. The highest BCUT2D eigenvalue weighted by Gasteiger charge is 2.31. The molecule has 0 saturated carbocycles. The summed E-state index contributed by atoms with van der Waals surface area (Å²) >= 11 is 0. The summed E-state index contributed by atoms with van der Waals surface area (Å²) < 4.78 is 27.5. The van der Waals surface area contributed by atoms with Crippen molar-refractivity contribution in [3.05, 3.63) is 53.2 Å². The van der Waals surface area contributed by atoms with Crippen molar-refractivity contribution in [3.8, 4) is 0 Å². The van der Waals surface area contributed by atoms with Gasteiger partial charge in [0.25, 0.3) is 0 Å². The fourth-order valence-corrected chi connectivity index (χ4v) is 5.49. The summed E-state index contributed by atoms with van der Waals surface area (Å²) in [5.41, 5.74) is 2.48. The van der Waals surface area contributed by atoms with Gasteiger partial charge >= 0.3 is 0 Å². The fraction of sp³-hybridized carbons (Fsp3) is 0.458. The molecule has 0 bridgehead atoms. The van der Waals surface area contributed by atoms with Crippen molar-refractivity contribution in [1.82, 2.24) is 19.5 Å². The Kier molecular flexibility index (Phi) is 8.27. The molecule has 2 heterocycles. The standard InChI is InChI=1S/C24H33N5O4S/c1-18-5-6-19(2)21(15-18)34(32,33)29-13-11-28(12-14-29)24(31)10-9-23(30)26-17-20-7-8-22(25-16-20)27(3)4/h5-8,15-16H,9-14,17H2,1-4H3,(H,26,30). The monoisotopic (exact) mass is 487 g/mol. The highest BCUT2D eigenvalue weighted by molar-refractivity contribution is 7.89. The largest absolute Gasteiger partial charge is 0.363 e. The van der Waals surface area contributed by atoms with Gasteiger partial charge in [-0.25, -0.2) is 13.4 Å². The summed E-state index contributed by atoms with van der Waals surface area (Å²) in [6, 6.07) is 9.17. The van der Waals surface area contributed by atoms with Crippen molar-refractivity contribution in [2.75, 3.05) is 45.2 Å². The number of sulfonamides is 1. The number of carbonyl (C=O) groups is 2. The summed E-state index contributed by atoms with van der Waals surface area (Å²) in [7, 11) is 0.207. The summed E-state index contributed by atoms with van der Waals surface area (Å²) in [6.07, 6.45) is 1.89. The van der Waals surface area contributed by atoms with E-state index in [2.05, 4.69) is 10.3 Å². The lowest BCUT2D eigenvalue weighted by molar-refractivity contribution is -0.134. The molecule has 0 spiro atoms. The molecule has 0 unspecified atom stereocenters. The second-order valence-corrected chi connectivity index (χ2v) is 10.7. The van der Waals surface area contributed by atoms with Gasteiger partial charge in [0.1, 0.15) is 5.82 Å². The van der Waals surface area contributed by atoms with Gasteiger partial charge in [-0.2, -0.15) is 4.31 Å². The molecule has 184 valence electrons. The van der Waals surface area contributed by atoms with E-state index in [0.717, 1.165) is 16.9 Å². The number of aromatic nitrogens is 1. The van der Waals surface area contributed by atoms with Crippen LogP contribution in [0.15, 0.2) is 41.4 Å². The van der Waals surface area contributed by atoms with E-state index in [1.807, 2.05) is 50.2 Å². The summed E-state index contributed by atoms with van der Waals surface area (Å²) in [4.78, 5) is 32.9. The van der Waals surface area contributed by atoms with Gasteiger partial charge in [-0.05, 0) is 42.7 Å². The fourth-order valence-electron chi connectivity index (χ4n) is 3.76. The van der Waals surface area contributed by atoms with Crippen molar-refractivity contribution >= 4 is 27.7 Å². The van der Waals surface area contributed by atoms with Crippen molar-refractivity contribution in [2.24, 2.45) is 0 Å². The molecular formula is C24H33N5O4S. The van der Waals surface area contributed by atoms with Gasteiger partial charge in [-0.3, -0.25) is 9.59 Å². The Morgan fingerprint density at radius 1 is 1.03 bits per heavy atom. The van der Waals surface area contributed by atoms with Crippen LogP contribution in [0, 0.1) is 13.8 Å². The second-order valence-electron chi connectivity index (χ2n) is 8.75. The topological polar surface area (TPSA) is 103 Å². The summed E-state index contributed by atoms with van der Waals surface area (Å²) in [6.45, 7) is 5.11. The van der Waals surface area contributed by atoms with Crippen LogP contribution < -0.4 is 10.2 Å². The van der Waals surface area contributed by atoms with E-state index in [0.29, 0.717) is 30.1 Å². The molecule has 0 atom stereocenters. The van der Waals surface area contributed by atoms with Crippen LogP contribution in [0.1, 0.15) is 29.5 Å². The van der Waals surface area contributed by atoms with Crippen LogP contribution >= 0.6 is 0 Å². The minimum atomic E-state index is -3.61. The summed E-state index contributed by atoms with van der Waals surface area (Å²) in [5.74, 6) is 0.486. The number of carbonyl (C=O) groups excluding carboxylic acids is 2. The van der Waals surface area contributed by atoms with E-state index in [4.69, 9.17) is 0 Å². The first-order valence-corrected chi connectivity index (χ1v) is 12.8. The van der Waals surface area contributed by atoms with E-state index in [-0.39, 0.29) is 37.7 Å². The van der Waals surface area contributed by atoms with Gasteiger partial charge in [0.2, 0.25) is 21.8 Å². The van der Waals surface area contributed by atoms with Crippen LogP contribution in [0.2, 0.25) is 0 Å². The molecule has 1 N–H and O–H groups in total. The van der Waals surface area contributed by atoms with Crippen molar-refractivity contribution in [1.29, 1.82) is 0 Å². The number of amides is 2. The first-order chi connectivity index (χ1) is 16.1. The third-order valence-corrected chi connectivity index (χ3v) is 7.92. The Morgan fingerprint density at radius 2 is 1.74 bits per heavy atom. The number of nitrogens with zero attached hydrogens (tertiary/aromatic N) is 4. The number of pyridine rings is 1. The molecule has 1 aromatic heterocycles. The number of piperazine rings is 1. The molecule has 9 nitrogen and oxygen atoms in total. The highest BCUT2D eigenvalue weighted by Crippen LogP contribution is 2.22. The zero-order valence-electron chi connectivity index (χ0n) is 20.2. The van der Waals surface area contributed by atoms with Gasteiger partial charge in [0.05, 0.1) is 4.90 Å². The molecule has 1 fully saturated rings. The molecule has 1 saturated heterocycles. The Labute approximate surface area is 201 Å². The van der Waals surface area contributed by atoms with E-state index in [1.165, 1.54) is 4.31 Å². The number of hydrogen-bond acceptors (Lipinski definition) is 6. The van der Waals surface area contributed by atoms with Crippen LogP contribution in [-0.2, 0) is 26.2 Å². The minimum Gasteiger partial charge on any atom is -0.363 e. The number of rotatable bonds is 8. The molecule has 1 aliphatic rings. The van der Waals surface area contributed by atoms with Gasteiger partial charge < -0.3 is 15.1 Å². The lowest BCUT2D eigenvalue weighted by atomic mass is 10.2. The molecule has 34 heavy (non-hydrogen) atoms. The van der Waals surface area contributed by atoms with E-state index < -0.39 is 10.0 Å². The lowest BCUT2D eigenvalue weighted by Crippen LogP contribution is -2.50. The van der Waals surface area contributed by atoms with Crippen LogP contribution in [0.4, 0.5) is 5.82 Å². The first-order valence-electron chi connectivity index (χ1n) is 11.3. The Morgan fingerprint density at radius 3 is 2.35 bits per heavy atom. The maximum absolute atomic E-state index is 13.1. The molecule has 0 aliphatic carbocycles. The Hall–Kier alpha value is -2.98. The molecule has 10 heteroatoms. The van der Waals surface area contributed by atoms with Crippen molar-refractivity contribution in [3.63, 3.8) is 0 Å². The van der Waals surface area contributed by atoms with Crippen LogP contribution in [-0.4, -0.2) is 74.7 Å². The van der Waals surface area contributed by atoms with E-state index in [9.17, 15) is 18.0 Å². The van der Waals surface area contributed by atoms with Crippen LogP contribution in [0.5, 0.6) is 0 Å². The summed E-state index contributed by atoms with van der Waals surface area (Å²) in [5, 5.41) is 2.81.